The van der Waals surface area contributed by atoms with Crippen molar-refractivity contribution in [3.8, 4) is 23.3 Å². The molecule has 0 fully saturated rings. The lowest BCUT2D eigenvalue weighted by Crippen LogP contribution is -2.13. The van der Waals surface area contributed by atoms with Crippen molar-refractivity contribution in [2.24, 2.45) is 0 Å². The molecule has 0 aromatic heterocycles. The van der Waals surface area contributed by atoms with E-state index in [4.69, 9.17) is 25.8 Å². The summed E-state index contributed by atoms with van der Waals surface area (Å²) in [4.78, 5) is 12.4. The first-order valence-electron chi connectivity index (χ1n) is 9.52. The number of nitriles is 1. The molecular weight excluding hydrogens is 496 g/mol. The number of hydrogen-bond donors (Lipinski definition) is 1. The number of carbonyl (C=O) groups is 1. The van der Waals surface area contributed by atoms with Crippen LogP contribution in [0.5, 0.6) is 17.2 Å². The molecule has 6 nitrogen and oxygen atoms in total. The molecule has 3 aromatic rings. The maximum absolute atomic E-state index is 12.4. The number of rotatable bonds is 6. The fourth-order valence-corrected chi connectivity index (χ4v) is 4.01. The van der Waals surface area contributed by atoms with Crippen LogP contribution in [-0.2, 0) is 11.4 Å². The van der Waals surface area contributed by atoms with Crippen LogP contribution in [0.3, 0.4) is 0 Å². The molecule has 4 rings (SSSR count). The summed E-state index contributed by atoms with van der Waals surface area (Å²) in [5.41, 5.74) is 2.03. The normalized spacial score (nSPS) is 12.2. The van der Waals surface area contributed by atoms with Crippen molar-refractivity contribution in [3.05, 3.63) is 86.9 Å². The van der Waals surface area contributed by atoms with E-state index in [1.54, 1.807) is 36.4 Å². The molecule has 1 aliphatic heterocycles. The summed E-state index contributed by atoms with van der Waals surface area (Å²) in [6, 6.07) is 19.8. The Labute approximate surface area is 198 Å². The van der Waals surface area contributed by atoms with Crippen molar-refractivity contribution >= 4 is 45.2 Å². The summed E-state index contributed by atoms with van der Waals surface area (Å²) in [6.07, 6.45) is 1.47. The molecule has 32 heavy (non-hydrogen) atoms. The van der Waals surface area contributed by atoms with Crippen LogP contribution in [-0.4, -0.2) is 12.7 Å². The molecule has 0 unspecified atom stereocenters. The van der Waals surface area contributed by atoms with Gasteiger partial charge < -0.3 is 19.5 Å². The zero-order valence-corrected chi connectivity index (χ0v) is 18.9. The maximum Gasteiger partial charge on any atom is 0.266 e. The molecule has 0 saturated heterocycles. The molecular formula is C24H16BrClN2O4. The van der Waals surface area contributed by atoms with Gasteiger partial charge in [0.15, 0.2) is 17.2 Å². The minimum absolute atomic E-state index is 0.0501. The van der Waals surface area contributed by atoms with Crippen LogP contribution < -0.4 is 19.5 Å². The number of amides is 1. The molecule has 0 radical (unpaired) electrons. The number of hydrogen-bond acceptors (Lipinski definition) is 5. The average Bonchev–Trinajstić information content (AvgIpc) is 3.25. The van der Waals surface area contributed by atoms with Crippen LogP contribution in [0.15, 0.2) is 70.7 Å². The van der Waals surface area contributed by atoms with E-state index in [1.165, 1.54) is 6.08 Å². The van der Waals surface area contributed by atoms with Crippen molar-refractivity contribution in [1.82, 2.24) is 0 Å². The number of nitrogens with one attached hydrogen (secondary N) is 1. The summed E-state index contributed by atoms with van der Waals surface area (Å²) in [7, 11) is 0. The number of halogens is 2. The van der Waals surface area contributed by atoms with E-state index < -0.39 is 5.91 Å². The Morgan fingerprint density at radius 3 is 2.69 bits per heavy atom. The first-order valence-corrected chi connectivity index (χ1v) is 10.7. The average molecular weight is 512 g/mol. The van der Waals surface area contributed by atoms with Gasteiger partial charge in [0.25, 0.3) is 5.91 Å². The molecule has 160 valence electrons. The number of fused-ring (bicyclic) bond motifs is 1. The van der Waals surface area contributed by atoms with E-state index in [1.807, 2.05) is 30.3 Å². The van der Waals surface area contributed by atoms with Crippen molar-refractivity contribution in [3.63, 3.8) is 0 Å². The Bertz CT molecular complexity index is 1220. The van der Waals surface area contributed by atoms with Crippen LogP contribution in [0, 0.1) is 11.3 Å². The van der Waals surface area contributed by atoms with E-state index in [0.717, 1.165) is 5.56 Å². The second-order valence-corrected chi connectivity index (χ2v) is 8.04. The van der Waals surface area contributed by atoms with Gasteiger partial charge in [-0.3, -0.25) is 4.79 Å². The lowest BCUT2D eigenvalue weighted by molar-refractivity contribution is -0.112. The highest BCUT2D eigenvalue weighted by atomic mass is 79.9. The number of nitrogens with zero attached hydrogens (tertiary/aromatic N) is 1. The quantitative estimate of drug-likeness (QED) is 0.326. The predicted molar refractivity (Wildman–Crippen MR) is 125 cm³/mol. The van der Waals surface area contributed by atoms with Gasteiger partial charge in [-0.05, 0) is 69.5 Å². The Hall–Kier alpha value is -3.47. The van der Waals surface area contributed by atoms with E-state index >= 15 is 0 Å². The summed E-state index contributed by atoms with van der Waals surface area (Å²) >= 11 is 9.88. The topological polar surface area (TPSA) is 80.6 Å². The Morgan fingerprint density at radius 1 is 1.16 bits per heavy atom. The zero-order chi connectivity index (χ0) is 22.5. The SMILES string of the molecule is N#C/C(=C/c1cc(Cl)c(OCc2ccc3c(c2)OCO3)c(Br)c1)C(=O)Nc1ccccc1. The molecule has 0 aliphatic carbocycles. The first-order chi connectivity index (χ1) is 15.5. The lowest BCUT2D eigenvalue weighted by Gasteiger charge is -2.12. The van der Waals surface area contributed by atoms with Crippen LogP contribution in [0.1, 0.15) is 11.1 Å². The number of benzene rings is 3. The summed E-state index contributed by atoms with van der Waals surface area (Å²) in [5.74, 6) is 1.33. The molecule has 1 N–H and O–H groups in total. The predicted octanol–water partition coefficient (Wildman–Crippen LogP) is 5.96. The Balaban J connectivity index is 1.48. The minimum atomic E-state index is -0.505. The molecule has 0 spiro atoms. The van der Waals surface area contributed by atoms with Gasteiger partial charge in [-0.1, -0.05) is 35.9 Å². The highest BCUT2D eigenvalue weighted by molar-refractivity contribution is 9.10. The number of ether oxygens (including phenoxy) is 3. The molecule has 3 aromatic carbocycles. The molecule has 1 heterocycles. The summed E-state index contributed by atoms with van der Waals surface area (Å²) in [6.45, 7) is 0.479. The maximum atomic E-state index is 12.4. The molecule has 8 heteroatoms. The van der Waals surface area contributed by atoms with E-state index in [9.17, 15) is 10.1 Å². The molecule has 1 amide bonds. The van der Waals surface area contributed by atoms with Gasteiger partial charge in [0.1, 0.15) is 18.2 Å². The van der Waals surface area contributed by atoms with Gasteiger partial charge in [0.2, 0.25) is 6.79 Å². The second kappa shape index (κ2) is 9.77. The third kappa shape index (κ3) is 5.05. The van der Waals surface area contributed by atoms with Gasteiger partial charge in [-0.25, -0.2) is 0 Å². The van der Waals surface area contributed by atoms with Gasteiger partial charge >= 0.3 is 0 Å². The number of para-hydroxylation sites is 1. The number of carbonyl (C=O) groups excluding carboxylic acids is 1. The highest BCUT2D eigenvalue weighted by Crippen LogP contribution is 2.37. The highest BCUT2D eigenvalue weighted by Gasteiger charge is 2.15. The van der Waals surface area contributed by atoms with Crippen molar-refractivity contribution in [2.45, 2.75) is 6.61 Å². The van der Waals surface area contributed by atoms with Crippen molar-refractivity contribution < 1.29 is 19.0 Å². The zero-order valence-electron chi connectivity index (χ0n) is 16.6. The molecule has 0 saturated carbocycles. The van der Waals surface area contributed by atoms with Crippen LogP contribution in [0.2, 0.25) is 5.02 Å². The molecule has 0 bridgehead atoms. The smallest absolute Gasteiger partial charge is 0.266 e. The van der Waals surface area contributed by atoms with Crippen molar-refractivity contribution in [1.29, 1.82) is 5.26 Å². The lowest BCUT2D eigenvalue weighted by atomic mass is 10.1. The summed E-state index contributed by atoms with van der Waals surface area (Å²) < 4.78 is 17.2. The van der Waals surface area contributed by atoms with Gasteiger partial charge in [-0.2, -0.15) is 5.26 Å². The Kier molecular flexibility index (Phi) is 6.64. The first kappa shape index (κ1) is 21.8. The van der Waals surface area contributed by atoms with E-state index in [2.05, 4.69) is 21.2 Å². The number of anilines is 1. The van der Waals surface area contributed by atoms with E-state index in [0.29, 0.717) is 38.0 Å². The van der Waals surface area contributed by atoms with Crippen LogP contribution >= 0.6 is 27.5 Å². The van der Waals surface area contributed by atoms with Gasteiger partial charge in [0.05, 0.1) is 9.50 Å². The minimum Gasteiger partial charge on any atom is -0.486 e. The van der Waals surface area contributed by atoms with Crippen molar-refractivity contribution in [2.75, 3.05) is 12.1 Å². The van der Waals surface area contributed by atoms with Gasteiger partial charge in [-0.15, -0.1) is 0 Å². The monoisotopic (exact) mass is 510 g/mol. The third-order valence-corrected chi connectivity index (χ3v) is 5.42. The summed E-state index contributed by atoms with van der Waals surface area (Å²) in [5, 5.41) is 12.5. The van der Waals surface area contributed by atoms with E-state index in [-0.39, 0.29) is 19.0 Å². The molecule has 1 aliphatic rings. The van der Waals surface area contributed by atoms with Gasteiger partial charge in [0, 0.05) is 5.69 Å². The Morgan fingerprint density at radius 2 is 1.94 bits per heavy atom. The third-order valence-electron chi connectivity index (χ3n) is 4.55. The second-order valence-electron chi connectivity index (χ2n) is 6.78. The van der Waals surface area contributed by atoms with Crippen LogP contribution in [0.25, 0.3) is 6.08 Å². The standard InChI is InChI=1S/C24H16BrClN2O4/c25-19-9-16(8-17(12-27)24(29)28-18-4-2-1-3-5-18)10-20(26)23(19)30-13-15-6-7-21-22(11-15)32-14-31-21/h1-11H,13-14H2,(H,28,29)/b17-8-. The molecule has 0 atom stereocenters. The largest absolute Gasteiger partial charge is 0.486 e. The fourth-order valence-electron chi connectivity index (χ4n) is 3.02. The fraction of sp³-hybridized carbons (Fsp3) is 0.0833. The van der Waals surface area contributed by atoms with Crippen LogP contribution in [0.4, 0.5) is 5.69 Å².